The van der Waals surface area contributed by atoms with E-state index >= 15 is 0 Å². The van der Waals surface area contributed by atoms with Gasteiger partial charge >= 0.3 is 6.09 Å². The first-order chi connectivity index (χ1) is 16.4. The highest BCUT2D eigenvalue weighted by Crippen LogP contribution is 2.35. The number of aldehydes is 1. The third-order valence-corrected chi connectivity index (χ3v) is 5.94. The van der Waals surface area contributed by atoms with Gasteiger partial charge in [-0.3, -0.25) is 4.79 Å². The summed E-state index contributed by atoms with van der Waals surface area (Å²) in [5.41, 5.74) is 5.00. The lowest BCUT2D eigenvalue weighted by molar-refractivity contribution is -0.116. The van der Waals surface area contributed by atoms with E-state index in [2.05, 4.69) is 11.4 Å². The van der Waals surface area contributed by atoms with Gasteiger partial charge in [-0.1, -0.05) is 12.1 Å². The molecule has 0 saturated heterocycles. The van der Waals surface area contributed by atoms with Crippen molar-refractivity contribution in [3.05, 3.63) is 42.0 Å². The molecule has 0 radical (unpaired) electrons. The Hall–Kier alpha value is -3.55. The summed E-state index contributed by atoms with van der Waals surface area (Å²) in [4.78, 5) is 37.0. The molecule has 2 aromatic rings. The Balaban J connectivity index is 1.72. The van der Waals surface area contributed by atoms with Gasteiger partial charge in [0.15, 0.2) is 0 Å². The predicted molar refractivity (Wildman–Crippen MR) is 133 cm³/mol. The normalized spacial score (nSPS) is 12.2. The zero-order valence-electron chi connectivity index (χ0n) is 19.9. The molecule has 8 heteroatoms. The zero-order chi connectivity index (χ0) is 24.5. The standard InChI is InChI=1S/C26H33N3O5/c1-3-34-25-10-8-21(20-7-9-24-22(17-20)11-14-29(24)19(2)31)18-23(25)27-12-15-28(26(32)33)13-5-4-6-16-30/h7-10,16-18,27H,3-6,11-15H2,1-2H3,(H,32,33). The van der Waals surface area contributed by atoms with E-state index in [0.29, 0.717) is 57.8 Å². The maximum atomic E-state index is 11.8. The average Bonchev–Trinajstić information content (AvgIpc) is 3.25. The maximum absolute atomic E-state index is 11.8. The second-order valence-electron chi connectivity index (χ2n) is 8.27. The van der Waals surface area contributed by atoms with Gasteiger partial charge in [0, 0.05) is 45.2 Å². The van der Waals surface area contributed by atoms with Crippen LogP contribution in [0.25, 0.3) is 11.1 Å². The minimum atomic E-state index is -0.968. The number of carbonyl (C=O) groups excluding carboxylic acids is 2. The molecule has 0 atom stereocenters. The number of nitrogens with zero attached hydrogens (tertiary/aromatic N) is 2. The molecular weight excluding hydrogens is 434 g/mol. The topological polar surface area (TPSA) is 99.2 Å². The van der Waals surface area contributed by atoms with Crippen LogP contribution in [0.15, 0.2) is 36.4 Å². The number of amides is 2. The van der Waals surface area contributed by atoms with Crippen LogP contribution in [0.2, 0.25) is 0 Å². The maximum Gasteiger partial charge on any atom is 0.407 e. The number of anilines is 2. The SMILES string of the molecule is CCOc1ccc(-c2ccc3c(c2)CCN3C(C)=O)cc1NCCN(CCCCC=O)C(=O)O. The molecule has 0 bridgehead atoms. The number of benzene rings is 2. The minimum absolute atomic E-state index is 0.0539. The molecule has 1 aliphatic rings. The summed E-state index contributed by atoms with van der Waals surface area (Å²) in [6.07, 6.45) is 2.51. The Labute approximate surface area is 200 Å². The molecular formula is C26H33N3O5. The van der Waals surface area contributed by atoms with Crippen molar-refractivity contribution in [3.63, 3.8) is 0 Å². The van der Waals surface area contributed by atoms with Crippen molar-refractivity contribution in [2.75, 3.05) is 43.0 Å². The Bertz CT molecular complexity index is 1020. The lowest BCUT2D eigenvalue weighted by atomic mass is 10.0. The molecule has 3 rings (SSSR count). The number of fused-ring (bicyclic) bond motifs is 1. The number of unbranched alkanes of at least 4 members (excludes halogenated alkanes) is 2. The molecule has 2 aromatic carbocycles. The van der Waals surface area contributed by atoms with Crippen LogP contribution in [-0.4, -0.2) is 61.1 Å². The van der Waals surface area contributed by atoms with Crippen molar-refractivity contribution in [2.24, 2.45) is 0 Å². The first kappa shape index (κ1) is 25.1. The summed E-state index contributed by atoms with van der Waals surface area (Å²) in [5, 5.41) is 12.8. The van der Waals surface area contributed by atoms with Crippen LogP contribution < -0.4 is 15.0 Å². The van der Waals surface area contributed by atoms with E-state index in [-0.39, 0.29) is 5.91 Å². The summed E-state index contributed by atoms with van der Waals surface area (Å²) >= 11 is 0. The number of carbonyl (C=O) groups is 3. The molecule has 34 heavy (non-hydrogen) atoms. The van der Waals surface area contributed by atoms with Crippen LogP contribution >= 0.6 is 0 Å². The number of nitrogens with one attached hydrogen (secondary N) is 1. The molecule has 0 saturated carbocycles. The molecule has 2 N–H and O–H groups in total. The molecule has 0 unspecified atom stereocenters. The van der Waals surface area contributed by atoms with E-state index in [1.807, 2.05) is 37.3 Å². The van der Waals surface area contributed by atoms with Gasteiger partial charge in [-0.25, -0.2) is 4.79 Å². The number of ether oxygens (including phenoxy) is 1. The Morgan fingerprint density at radius 1 is 1.15 bits per heavy atom. The van der Waals surface area contributed by atoms with Gasteiger partial charge in [0.25, 0.3) is 0 Å². The second kappa shape index (κ2) is 12.1. The number of carboxylic acid groups (broad SMARTS) is 1. The van der Waals surface area contributed by atoms with Crippen LogP contribution in [0.1, 0.15) is 38.7 Å². The molecule has 0 fully saturated rings. The summed E-state index contributed by atoms with van der Waals surface area (Å²) in [5.74, 6) is 0.765. The van der Waals surface area contributed by atoms with Crippen LogP contribution in [0.3, 0.4) is 0 Å². The second-order valence-corrected chi connectivity index (χ2v) is 8.27. The molecule has 2 amide bonds. The van der Waals surface area contributed by atoms with Gasteiger partial charge in [0.2, 0.25) is 5.91 Å². The first-order valence-electron chi connectivity index (χ1n) is 11.8. The third kappa shape index (κ3) is 6.27. The third-order valence-electron chi connectivity index (χ3n) is 5.94. The van der Waals surface area contributed by atoms with Crippen LogP contribution in [0, 0.1) is 0 Å². The van der Waals surface area contributed by atoms with E-state index in [1.54, 1.807) is 11.8 Å². The van der Waals surface area contributed by atoms with E-state index < -0.39 is 6.09 Å². The van der Waals surface area contributed by atoms with Gasteiger partial charge in [0.05, 0.1) is 12.3 Å². The largest absolute Gasteiger partial charge is 0.492 e. The van der Waals surface area contributed by atoms with E-state index in [9.17, 15) is 19.5 Å². The van der Waals surface area contributed by atoms with Crippen molar-refractivity contribution < 1.29 is 24.2 Å². The summed E-state index contributed by atoms with van der Waals surface area (Å²) in [6.45, 7) is 5.89. The van der Waals surface area contributed by atoms with Gasteiger partial charge in [0.1, 0.15) is 12.0 Å². The fourth-order valence-corrected chi connectivity index (χ4v) is 4.20. The lowest BCUT2D eigenvalue weighted by Gasteiger charge is -2.20. The number of hydrogen-bond acceptors (Lipinski definition) is 5. The summed E-state index contributed by atoms with van der Waals surface area (Å²) < 4.78 is 5.77. The summed E-state index contributed by atoms with van der Waals surface area (Å²) in [7, 11) is 0. The fraction of sp³-hybridized carbons (Fsp3) is 0.423. The van der Waals surface area contributed by atoms with Crippen molar-refractivity contribution in [3.8, 4) is 16.9 Å². The molecule has 0 spiro atoms. The fourth-order valence-electron chi connectivity index (χ4n) is 4.20. The number of hydrogen-bond donors (Lipinski definition) is 2. The van der Waals surface area contributed by atoms with E-state index in [4.69, 9.17) is 4.74 Å². The first-order valence-corrected chi connectivity index (χ1v) is 11.8. The molecule has 0 aromatic heterocycles. The van der Waals surface area contributed by atoms with Crippen molar-refractivity contribution in [1.29, 1.82) is 0 Å². The van der Waals surface area contributed by atoms with Crippen LogP contribution in [-0.2, 0) is 16.0 Å². The Morgan fingerprint density at radius 3 is 2.62 bits per heavy atom. The van der Waals surface area contributed by atoms with Crippen molar-refractivity contribution >= 4 is 29.7 Å². The molecule has 1 heterocycles. The van der Waals surface area contributed by atoms with Gasteiger partial charge < -0.3 is 29.8 Å². The lowest BCUT2D eigenvalue weighted by Crippen LogP contribution is -2.34. The van der Waals surface area contributed by atoms with Crippen molar-refractivity contribution in [2.45, 2.75) is 39.5 Å². The monoisotopic (exact) mass is 467 g/mol. The zero-order valence-corrected chi connectivity index (χ0v) is 19.9. The molecule has 182 valence electrons. The highest BCUT2D eigenvalue weighted by Gasteiger charge is 2.22. The van der Waals surface area contributed by atoms with Crippen LogP contribution in [0.5, 0.6) is 5.75 Å². The van der Waals surface area contributed by atoms with E-state index in [0.717, 1.165) is 40.8 Å². The molecule has 8 nitrogen and oxygen atoms in total. The predicted octanol–water partition coefficient (Wildman–Crippen LogP) is 4.42. The Kier molecular flexibility index (Phi) is 8.90. The van der Waals surface area contributed by atoms with Gasteiger partial charge in [-0.05, 0) is 67.1 Å². The quantitative estimate of drug-likeness (QED) is 0.354. The molecule has 0 aliphatic carbocycles. The average molecular weight is 468 g/mol. The van der Waals surface area contributed by atoms with Crippen molar-refractivity contribution in [1.82, 2.24) is 4.90 Å². The number of rotatable bonds is 12. The van der Waals surface area contributed by atoms with Gasteiger partial charge in [-0.15, -0.1) is 0 Å². The van der Waals surface area contributed by atoms with E-state index in [1.165, 1.54) is 4.90 Å². The summed E-state index contributed by atoms with van der Waals surface area (Å²) in [6, 6.07) is 12.1. The highest BCUT2D eigenvalue weighted by atomic mass is 16.5. The molecule has 1 aliphatic heterocycles. The minimum Gasteiger partial charge on any atom is -0.492 e. The Morgan fingerprint density at radius 2 is 1.91 bits per heavy atom. The smallest absolute Gasteiger partial charge is 0.407 e. The van der Waals surface area contributed by atoms with Gasteiger partial charge in [-0.2, -0.15) is 0 Å². The highest BCUT2D eigenvalue weighted by molar-refractivity contribution is 5.94. The van der Waals surface area contributed by atoms with Crippen LogP contribution in [0.4, 0.5) is 16.2 Å².